The Bertz CT molecular complexity index is 429. The van der Waals surface area contributed by atoms with Crippen LogP contribution in [0.5, 0.6) is 0 Å². The molecule has 2 N–H and O–H groups in total. The molecule has 3 rings (SSSR count). The predicted molar refractivity (Wildman–Crippen MR) is 81.1 cm³/mol. The molecule has 1 aliphatic heterocycles. The number of hydrogen-bond donors (Lipinski definition) is 2. The molecule has 3 fully saturated rings. The van der Waals surface area contributed by atoms with Gasteiger partial charge in [-0.05, 0) is 39.0 Å². The minimum atomic E-state index is -0.611. The first-order chi connectivity index (χ1) is 10.1. The average Bonchev–Trinajstić information content (AvgIpc) is 3.25. The maximum Gasteiger partial charge on any atom is 0.242 e. The van der Waals surface area contributed by atoms with Crippen LogP contribution < -0.4 is 5.32 Å². The highest BCUT2D eigenvalue weighted by Gasteiger charge is 2.37. The van der Waals surface area contributed by atoms with E-state index in [0.29, 0.717) is 19.1 Å². The van der Waals surface area contributed by atoms with E-state index in [1.807, 2.05) is 16.7 Å². The van der Waals surface area contributed by atoms with Crippen molar-refractivity contribution in [1.29, 1.82) is 0 Å². The number of aliphatic imine (C=N–C) groups is 1. The van der Waals surface area contributed by atoms with Crippen LogP contribution in [0.3, 0.4) is 0 Å². The third-order valence-electron chi connectivity index (χ3n) is 4.69. The summed E-state index contributed by atoms with van der Waals surface area (Å²) in [7, 11) is 0. The Labute approximate surface area is 126 Å². The van der Waals surface area contributed by atoms with Gasteiger partial charge in [-0.25, -0.2) is 0 Å². The van der Waals surface area contributed by atoms with Gasteiger partial charge in [0.2, 0.25) is 5.91 Å². The molecule has 2 saturated carbocycles. The lowest BCUT2D eigenvalue weighted by Gasteiger charge is -2.38. The number of hydrogen-bond acceptors (Lipinski definition) is 3. The first kappa shape index (κ1) is 14.6. The number of carbonyl (C=O) groups excluding carboxylic acids is 1. The van der Waals surface area contributed by atoms with Crippen molar-refractivity contribution >= 4 is 11.9 Å². The maximum atomic E-state index is 12.2. The summed E-state index contributed by atoms with van der Waals surface area (Å²) in [4.78, 5) is 20.8. The number of guanidine groups is 1. The fourth-order valence-electron chi connectivity index (χ4n) is 3.03. The van der Waals surface area contributed by atoms with E-state index in [-0.39, 0.29) is 5.91 Å². The summed E-state index contributed by atoms with van der Waals surface area (Å²) in [5.41, 5.74) is -0.611. The fourth-order valence-corrected chi connectivity index (χ4v) is 3.03. The van der Waals surface area contributed by atoms with E-state index in [0.717, 1.165) is 57.7 Å². The van der Waals surface area contributed by atoms with Crippen LogP contribution in [0, 0.1) is 0 Å². The maximum absolute atomic E-state index is 12.2. The number of aliphatic hydroxyl groups is 1. The van der Waals surface area contributed by atoms with Crippen LogP contribution in [0.25, 0.3) is 0 Å². The standard InChI is InChI=1S/C15H26N4O2/c1-2-16-14(17-11-15(21)6-3-7-15)18-8-9-19(12-4-5-12)13(20)10-18/h12,21H,2-11H2,1H3,(H,16,17). The third kappa shape index (κ3) is 3.31. The van der Waals surface area contributed by atoms with E-state index in [2.05, 4.69) is 10.3 Å². The molecule has 2 aliphatic carbocycles. The van der Waals surface area contributed by atoms with Crippen molar-refractivity contribution in [3.8, 4) is 0 Å². The molecular formula is C15H26N4O2. The molecule has 0 atom stereocenters. The molecule has 0 aromatic carbocycles. The molecule has 0 radical (unpaired) electrons. The van der Waals surface area contributed by atoms with E-state index in [1.165, 1.54) is 0 Å². The number of amides is 1. The highest BCUT2D eigenvalue weighted by Crippen LogP contribution is 2.32. The molecule has 0 unspecified atom stereocenters. The van der Waals surface area contributed by atoms with Crippen molar-refractivity contribution in [2.24, 2.45) is 4.99 Å². The number of piperazine rings is 1. The molecule has 1 heterocycles. The number of carbonyl (C=O) groups is 1. The largest absolute Gasteiger partial charge is 0.388 e. The summed E-state index contributed by atoms with van der Waals surface area (Å²) >= 11 is 0. The molecule has 6 heteroatoms. The van der Waals surface area contributed by atoms with Gasteiger partial charge in [-0.2, -0.15) is 0 Å². The van der Waals surface area contributed by atoms with Crippen molar-refractivity contribution in [1.82, 2.24) is 15.1 Å². The van der Waals surface area contributed by atoms with Crippen LogP contribution in [0.2, 0.25) is 0 Å². The zero-order valence-electron chi connectivity index (χ0n) is 12.8. The van der Waals surface area contributed by atoms with Gasteiger partial charge in [-0.3, -0.25) is 9.79 Å². The molecular weight excluding hydrogens is 268 g/mol. The molecule has 0 bridgehead atoms. The highest BCUT2D eigenvalue weighted by atomic mass is 16.3. The predicted octanol–water partition coefficient (Wildman–Crippen LogP) is 0.174. The van der Waals surface area contributed by atoms with Gasteiger partial charge in [0.05, 0.1) is 18.7 Å². The Hall–Kier alpha value is -1.30. The van der Waals surface area contributed by atoms with Crippen molar-refractivity contribution in [3.63, 3.8) is 0 Å². The van der Waals surface area contributed by atoms with Gasteiger partial charge in [0, 0.05) is 25.7 Å². The van der Waals surface area contributed by atoms with Gasteiger partial charge in [0.15, 0.2) is 5.96 Å². The Balaban J connectivity index is 1.60. The van der Waals surface area contributed by atoms with Gasteiger partial charge >= 0.3 is 0 Å². The molecule has 0 aromatic heterocycles. The summed E-state index contributed by atoms with van der Waals surface area (Å²) in [6.07, 6.45) is 5.08. The van der Waals surface area contributed by atoms with Gasteiger partial charge < -0.3 is 20.2 Å². The lowest BCUT2D eigenvalue weighted by molar-refractivity contribution is -0.135. The number of nitrogens with one attached hydrogen (secondary N) is 1. The van der Waals surface area contributed by atoms with Crippen LogP contribution in [0.15, 0.2) is 4.99 Å². The van der Waals surface area contributed by atoms with Crippen LogP contribution in [-0.4, -0.2) is 71.1 Å². The normalized spacial score (nSPS) is 25.8. The Morgan fingerprint density at radius 3 is 2.71 bits per heavy atom. The van der Waals surface area contributed by atoms with Crippen LogP contribution in [0.4, 0.5) is 0 Å². The summed E-state index contributed by atoms with van der Waals surface area (Å²) in [6, 6.07) is 0.495. The number of rotatable bonds is 4. The smallest absolute Gasteiger partial charge is 0.242 e. The fraction of sp³-hybridized carbons (Fsp3) is 0.867. The average molecular weight is 294 g/mol. The molecule has 1 saturated heterocycles. The van der Waals surface area contributed by atoms with E-state index >= 15 is 0 Å². The van der Waals surface area contributed by atoms with E-state index in [4.69, 9.17) is 0 Å². The zero-order chi connectivity index (χ0) is 14.9. The second kappa shape index (κ2) is 5.83. The lowest BCUT2D eigenvalue weighted by Crippen LogP contribution is -2.56. The first-order valence-electron chi connectivity index (χ1n) is 8.16. The van der Waals surface area contributed by atoms with Crippen molar-refractivity contribution in [3.05, 3.63) is 0 Å². The Kier molecular flexibility index (Phi) is 4.06. The topological polar surface area (TPSA) is 68.2 Å². The summed E-state index contributed by atoms with van der Waals surface area (Å²) < 4.78 is 0. The van der Waals surface area contributed by atoms with E-state index in [9.17, 15) is 9.90 Å². The molecule has 0 aromatic rings. The summed E-state index contributed by atoms with van der Waals surface area (Å²) in [5.74, 6) is 0.971. The van der Waals surface area contributed by atoms with Gasteiger partial charge in [0.1, 0.15) is 0 Å². The summed E-state index contributed by atoms with van der Waals surface area (Å²) in [6.45, 7) is 5.25. The second-order valence-electron chi connectivity index (χ2n) is 6.49. The second-order valence-corrected chi connectivity index (χ2v) is 6.49. The van der Waals surface area contributed by atoms with Crippen LogP contribution in [-0.2, 0) is 4.79 Å². The molecule has 21 heavy (non-hydrogen) atoms. The van der Waals surface area contributed by atoms with Crippen molar-refractivity contribution in [2.75, 3.05) is 32.7 Å². The molecule has 6 nitrogen and oxygen atoms in total. The quantitative estimate of drug-likeness (QED) is 0.573. The van der Waals surface area contributed by atoms with Crippen molar-refractivity contribution in [2.45, 2.75) is 50.7 Å². The van der Waals surface area contributed by atoms with Gasteiger partial charge in [0.25, 0.3) is 0 Å². The van der Waals surface area contributed by atoms with Gasteiger partial charge in [-0.1, -0.05) is 0 Å². The van der Waals surface area contributed by atoms with Crippen LogP contribution >= 0.6 is 0 Å². The minimum absolute atomic E-state index is 0.205. The van der Waals surface area contributed by atoms with E-state index < -0.39 is 5.60 Å². The summed E-state index contributed by atoms with van der Waals surface area (Å²) in [5, 5.41) is 13.4. The highest BCUT2D eigenvalue weighted by molar-refractivity contribution is 5.88. The Morgan fingerprint density at radius 1 is 1.43 bits per heavy atom. The molecule has 1 amide bonds. The molecule has 118 valence electrons. The Morgan fingerprint density at radius 2 is 2.19 bits per heavy atom. The zero-order valence-corrected chi connectivity index (χ0v) is 12.8. The molecule has 0 spiro atoms. The molecule has 3 aliphatic rings. The van der Waals surface area contributed by atoms with Crippen molar-refractivity contribution < 1.29 is 9.90 Å². The lowest BCUT2D eigenvalue weighted by atomic mass is 9.80. The first-order valence-corrected chi connectivity index (χ1v) is 8.16. The number of nitrogens with zero attached hydrogens (tertiary/aromatic N) is 3. The van der Waals surface area contributed by atoms with Crippen LogP contribution in [0.1, 0.15) is 39.0 Å². The monoisotopic (exact) mass is 294 g/mol. The van der Waals surface area contributed by atoms with E-state index in [1.54, 1.807) is 0 Å². The SMILES string of the molecule is CCNC(=NCC1(O)CCC1)N1CCN(C2CC2)C(=O)C1. The minimum Gasteiger partial charge on any atom is -0.388 e. The third-order valence-corrected chi connectivity index (χ3v) is 4.69. The van der Waals surface area contributed by atoms with Gasteiger partial charge in [-0.15, -0.1) is 0 Å².